The minimum absolute atomic E-state index is 0.460. The highest BCUT2D eigenvalue weighted by atomic mass is 14.7. The quantitative estimate of drug-likeness (QED) is 0.735. The van der Waals surface area contributed by atoms with Crippen molar-refractivity contribution >= 4 is 0 Å². The number of hydrogen-bond donors (Lipinski definition) is 1. The van der Waals surface area contributed by atoms with E-state index in [4.69, 9.17) is 5.73 Å². The summed E-state index contributed by atoms with van der Waals surface area (Å²) >= 11 is 0. The number of nitrogens with two attached hydrogens (primary N) is 1. The molecule has 2 N–H and O–H groups in total. The molecule has 3 atom stereocenters. The van der Waals surface area contributed by atoms with E-state index in [2.05, 4.69) is 20.8 Å². The third-order valence-electron chi connectivity index (χ3n) is 4.19. The highest BCUT2D eigenvalue weighted by Gasteiger charge is 2.54. The predicted octanol–water partition coefficient (Wildman–Crippen LogP) is 3.19. The van der Waals surface area contributed by atoms with Crippen LogP contribution in [-0.2, 0) is 0 Å². The first-order valence-electron chi connectivity index (χ1n) is 6.24. The standard InChI is InChI=1S/C13H25N/c1-13(2,3)8-7-11(14)12-9-5-4-6-10(9)12/h9-12H,4-8,14H2,1-3H3. The maximum atomic E-state index is 6.28. The van der Waals surface area contributed by atoms with Crippen molar-refractivity contribution < 1.29 is 0 Å². The number of fused-ring (bicyclic) bond motifs is 1. The van der Waals surface area contributed by atoms with Crippen LogP contribution in [0.1, 0.15) is 52.9 Å². The lowest BCUT2D eigenvalue weighted by Gasteiger charge is -2.21. The first kappa shape index (κ1) is 10.5. The van der Waals surface area contributed by atoms with Crippen LogP contribution in [0.3, 0.4) is 0 Å². The minimum Gasteiger partial charge on any atom is -0.327 e. The van der Waals surface area contributed by atoms with Crippen molar-refractivity contribution in [2.75, 3.05) is 0 Å². The van der Waals surface area contributed by atoms with Gasteiger partial charge in [0.2, 0.25) is 0 Å². The van der Waals surface area contributed by atoms with E-state index in [1.54, 1.807) is 0 Å². The highest BCUT2D eigenvalue weighted by Crippen LogP contribution is 2.59. The fraction of sp³-hybridized carbons (Fsp3) is 1.00. The van der Waals surface area contributed by atoms with Crippen molar-refractivity contribution in [1.82, 2.24) is 0 Å². The van der Waals surface area contributed by atoms with Gasteiger partial charge in [-0.1, -0.05) is 27.2 Å². The van der Waals surface area contributed by atoms with Crippen molar-refractivity contribution in [3.8, 4) is 0 Å². The first-order chi connectivity index (χ1) is 6.49. The molecule has 0 aliphatic heterocycles. The highest BCUT2D eigenvalue weighted by molar-refractivity contribution is 5.05. The molecular weight excluding hydrogens is 170 g/mol. The van der Waals surface area contributed by atoms with Crippen LogP contribution in [-0.4, -0.2) is 6.04 Å². The normalized spacial score (nSPS) is 38.1. The van der Waals surface area contributed by atoms with Gasteiger partial charge in [0.15, 0.2) is 0 Å². The molecule has 2 fully saturated rings. The van der Waals surface area contributed by atoms with Gasteiger partial charge in [-0.05, 0) is 48.9 Å². The Bertz CT molecular complexity index is 194. The fourth-order valence-corrected chi connectivity index (χ4v) is 3.30. The minimum atomic E-state index is 0.460. The van der Waals surface area contributed by atoms with E-state index in [9.17, 15) is 0 Å². The van der Waals surface area contributed by atoms with E-state index in [1.807, 2.05) is 0 Å². The lowest BCUT2D eigenvalue weighted by Crippen LogP contribution is -2.26. The molecule has 82 valence electrons. The van der Waals surface area contributed by atoms with Crippen LogP contribution in [0.4, 0.5) is 0 Å². The molecule has 0 aromatic rings. The Morgan fingerprint density at radius 2 is 1.79 bits per heavy atom. The lowest BCUT2D eigenvalue weighted by molar-refractivity contribution is 0.329. The van der Waals surface area contributed by atoms with E-state index in [0.29, 0.717) is 11.5 Å². The molecule has 3 unspecified atom stereocenters. The second kappa shape index (κ2) is 3.52. The molecule has 0 aromatic carbocycles. The maximum Gasteiger partial charge on any atom is 0.00728 e. The molecule has 2 rings (SSSR count). The summed E-state index contributed by atoms with van der Waals surface area (Å²) in [5, 5.41) is 0. The molecule has 2 saturated carbocycles. The Hall–Kier alpha value is -0.0400. The summed E-state index contributed by atoms with van der Waals surface area (Å²) in [4.78, 5) is 0. The molecule has 2 aliphatic carbocycles. The Kier molecular flexibility index (Phi) is 2.63. The van der Waals surface area contributed by atoms with Gasteiger partial charge in [0, 0.05) is 6.04 Å². The summed E-state index contributed by atoms with van der Waals surface area (Å²) in [6, 6.07) is 0.504. The smallest absolute Gasteiger partial charge is 0.00728 e. The summed E-state index contributed by atoms with van der Waals surface area (Å²) in [6.45, 7) is 6.94. The van der Waals surface area contributed by atoms with Gasteiger partial charge in [-0.3, -0.25) is 0 Å². The van der Waals surface area contributed by atoms with E-state index >= 15 is 0 Å². The van der Waals surface area contributed by atoms with Crippen LogP contribution < -0.4 is 5.73 Å². The summed E-state index contributed by atoms with van der Waals surface area (Å²) < 4.78 is 0. The van der Waals surface area contributed by atoms with Gasteiger partial charge in [0.05, 0.1) is 0 Å². The second-order valence-electron chi connectivity index (χ2n) is 6.60. The lowest BCUT2D eigenvalue weighted by atomic mass is 9.87. The molecule has 0 spiro atoms. The average Bonchev–Trinajstić information content (AvgIpc) is 2.54. The Morgan fingerprint density at radius 1 is 1.21 bits per heavy atom. The fourth-order valence-electron chi connectivity index (χ4n) is 3.30. The van der Waals surface area contributed by atoms with E-state index < -0.39 is 0 Å². The predicted molar refractivity (Wildman–Crippen MR) is 61.0 cm³/mol. The Balaban J connectivity index is 1.72. The van der Waals surface area contributed by atoms with Crippen molar-refractivity contribution in [3.63, 3.8) is 0 Å². The third kappa shape index (κ3) is 2.13. The van der Waals surface area contributed by atoms with Crippen LogP contribution in [0, 0.1) is 23.2 Å². The zero-order valence-electron chi connectivity index (χ0n) is 9.92. The summed E-state index contributed by atoms with van der Waals surface area (Å²) in [5.41, 5.74) is 6.74. The van der Waals surface area contributed by atoms with E-state index in [1.165, 1.54) is 32.1 Å². The van der Waals surface area contributed by atoms with Gasteiger partial charge in [0.25, 0.3) is 0 Å². The molecule has 1 heteroatoms. The first-order valence-corrected chi connectivity index (χ1v) is 6.24. The largest absolute Gasteiger partial charge is 0.327 e. The van der Waals surface area contributed by atoms with Crippen LogP contribution in [0.2, 0.25) is 0 Å². The van der Waals surface area contributed by atoms with Gasteiger partial charge in [-0.15, -0.1) is 0 Å². The summed E-state index contributed by atoms with van der Waals surface area (Å²) in [6.07, 6.45) is 6.93. The summed E-state index contributed by atoms with van der Waals surface area (Å²) in [7, 11) is 0. The third-order valence-corrected chi connectivity index (χ3v) is 4.19. The summed E-state index contributed by atoms with van der Waals surface area (Å²) in [5.74, 6) is 2.97. The molecule has 0 saturated heterocycles. The SMILES string of the molecule is CC(C)(C)CCC(N)C1C2CCCC21. The van der Waals surface area contributed by atoms with Crippen LogP contribution in [0.5, 0.6) is 0 Å². The molecule has 14 heavy (non-hydrogen) atoms. The van der Waals surface area contributed by atoms with Crippen LogP contribution >= 0.6 is 0 Å². The van der Waals surface area contributed by atoms with Gasteiger partial charge in [0.1, 0.15) is 0 Å². The average molecular weight is 195 g/mol. The van der Waals surface area contributed by atoms with Crippen LogP contribution in [0.25, 0.3) is 0 Å². The molecular formula is C13H25N. The van der Waals surface area contributed by atoms with Gasteiger partial charge >= 0.3 is 0 Å². The van der Waals surface area contributed by atoms with Crippen molar-refractivity contribution in [1.29, 1.82) is 0 Å². The van der Waals surface area contributed by atoms with Crippen molar-refractivity contribution in [2.24, 2.45) is 28.9 Å². The Morgan fingerprint density at radius 3 is 2.29 bits per heavy atom. The molecule has 0 aromatic heterocycles. The molecule has 0 heterocycles. The number of hydrogen-bond acceptors (Lipinski definition) is 1. The molecule has 2 aliphatic rings. The van der Waals surface area contributed by atoms with Crippen molar-refractivity contribution in [3.05, 3.63) is 0 Å². The van der Waals surface area contributed by atoms with Crippen molar-refractivity contribution in [2.45, 2.75) is 58.9 Å². The second-order valence-corrected chi connectivity index (χ2v) is 6.60. The molecule has 0 amide bonds. The maximum absolute atomic E-state index is 6.28. The van der Waals surface area contributed by atoms with E-state index in [0.717, 1.165) is 17.8 Å². The zero-order chi connectivity index (χ0) is 10.3. The van der Waals surface area contributed by atoms with Gasteiger partial charge < -0.3 is 5.73 Å². The van der Waals surface area contributed by atoms with Gasteiger partial charge in [-0.25, -0.2) is 0 Å². The topological polar surface area (TPSA) is 26.0 Å². The molecule has 1 nitrogen and oxygen atoms in total. The van der Waals surface area contributed by atoms with E-state index in [-0.39, 0.29) is 0 Å². The molecule has 0 radical (unpaired) electrons. The molecule has 0 bridgehead atoms. The Labute approximate surface area is 88.4 Å². The zero-order valence-corrected chi connectivity index (χ0v) is 9.92. The van der Waals surface area contributed by atoms with Gasteiger partial charge in [-0.2, -0.15) is 0 Å². The monoisotopic (exact) mass is 195 g/mol. The number of rotatable bonds is 3. The van der Waals surface area contributed by atoms with Crippen LogP contribution in [0.15, 0.2) is 0 Å².